The molecule has 94 valence electrons. The fraction of sp³-hybridized carbons (Fsp3) is 0.462. The number of hydrogen-bond donors (Lipinski definition) is 0. The lowest BCUT2D eigenvalue weighted by Gasteiger charge is -2.13. The molecule has 4 heteroatoms. The Labute approximate surface area is 102 Å². The van der Waals surface area contributed by atoms with Crippen LogP contribution in [0.3, 0.4) is 0 Å². The van der Waals surface area contributed by atoms with Gasteiger partial charge in [0.25, 0.3) is 0 Å². The molecule has 1 aromatic rings. The zero-order chi connectivity index (χ0) is 12.7. The van der Waals surface area contributed by atoms with E-state index in [4.69, 9.17) is 9.47 Å². The summed E-state index contributed by atoms with van der Waals surface area (Å²) >= 11 is 0. The molecule has 0 aliphatic carbocycles. The zero-order valence-electron chi connectivity index (χ0n) is 10.6. The summed E-state index contributed by atoms with van der Waals surface area (Å²) in [7, 11) is 5.51. The van der Waals surface area contributed by atoms with Crippen LogP contribution >= 0.6 is 0 Å². The molecule has 0 aliphatic heterocycles. The summed E-state index contributed by atoms with van der Waals surface area (Å²) in [6, 6.07) is 7.48. The van der Waals surface area contributed by atoms with Crippen LogP contribution in [-0.4, -0.2) is 45.3 Å². The number of benzene rings is 1. The second-order valence-corrected chi connectivity index (χ2v) is 4.02. The van der Waals surface area contributed by atoms with E-state index in [0.717, 1.165) is 12.1 Å². The highest BCUT2D eigenvalue weighted by Gasteiger charge is 2.12. The van der Waals surface area contributed by atoms with Gasteiger partial charge in [-0.1, -0.05) is 18.2 Å². The average Bonchev–Trinajstić information content (AvgIpc) is 2.29. The van der Waals surface area contributed by atoms with E-state index >= 15 is 0 Å². The minimum absolute atomic E-state index is 0.283. The number of esters is 1. The molecular formula is C13H19NO3. The van der Waals surface area contributed by atoms with Crippen LogP contribution in [0.4, 0.5) is 0 Å². The molecule has 0 saturated carbocycles. The van der Waals surface area contributed by atoms with E-state index < -0.39 is 0 Å². The smallest absolute Gasteiger partial charge is 0.338 e. The van der Waals surface area contributed by atoms with E-state index in [1.807, 2.05) is 37.2 Å². The number of carbonyl (C=O) groups excluding carboxylic acids is 1. The molecule has 0 atom stereocenters. The molecule has 0 spiro atoms. The summed E-state index contributed by atoms with van der Waals surface area (Å²) < 4.78 is 9.95. The topological polar surface area (TPSA) is 38.8 Å². The fourth-order valence-electron chi connectivity index (χ4n) is 1.49. The van der Waals surface area contributed by atoms with Gasteiger partial charge < -0.3 is 14.4 Å². The van der Waals surface area contributed by atoms with Crippen LogP contribution in [0.1, 0.15) is 15.9 Å². The first kappa shape index (κ1) is 13.7. The summed E-state index contributed by atoms with van der Waals surface area (Å²) in [5.41, 5.74) is 1.59. The van der Waals surface area contributed by atoms with Crippen LogP contribution in [0.2, 0.25) is 0 Å². The monoisotopic (exact) mass is 237 g/mol. The first-order valence-electron chi connectivity index (χ1n) is 5.54. The Morgan fingerprint density at radius 2 is 1.94 bits per heavy atom. The van der Waals surface area contributed by atoms with Crippen LogP contribution < -0.4 is 0 Å². The Balaban J connectivity index is 2.71. The number of rotatable bonds is 6. The maximum absolute atomic E-state index is 11.8. The summed E-state index contributed by atoms with van der Waals surface area (Å²) in [5.74, 6) is -0.292. The van der Waals surface area contributed by atoms with Crippen molar-refractivity contribution >= 4 is 5.97 Å². The Morgan fingerprint density at radius 1 is 1.24 bits per heavy atom. The lowest BCUT2D eigenvalue weighted by atomic mass is 10.1. The van der Waals surface area contributed by atoms with Crippen LogP contribution in [0.25, 0.3) is 0 Å². The van der Waals surface area contributed by atoms with Crippen molar-refractivity contribution in [1.29, 1.82) is 0 Å². The molecule has 0 heterocycles. The molecule has 0 unspecified atom stereocenters. The molecule has 1 rings (SSSR count). The lowest BCUT2D eigenvalue weighted by molar-refractivity contribution is 0.0386. The van der Waals surface area contributed by atoms with Gasteiger partial charge in [0.2, 0.25) is 0 Å². The van der Waals surface area contributed by atoms with Crippen LogP contribution in [0.5, 0.6) is 0 Å². The van der Waals surface area contributed by atoms with Crippen molar-refractivity contribution in [3.8, 4) is 0 Å². The molecule has 1 aromatic carbocycles. The van der Waals surface area contributed by atoms with Gasteiger partial charge in [-0.3, -0.25) is 0 Å². The van der Waals surface area contributed by atoms with E-state index in [2.05, 4.69) is 0 Å². The highest BCUT2D eigenvalue weighted by Crippen LogP contribution is 2.11. The summed E-state index contributed by atoms with van der Waals surface area (Å²) in [6.07, 6.45) is 0. The average molecular weight is 237 g/mol. The van der Waals surface area contributed by atoms with E-state index in [1.54, 1.807) is 13.2 Å². The van der Waals surface area contributed by atoms with E-state index in [0.29, 0.717) is 12.2 Å². The highest BCUT2D eigenvalue weighted by molar-refractivity contribution is 5.91. The van der Waals surface area contributed by atoms with Crippen LogP contribution in [0.15, 0.2) is 24.3 Å². The third-order valence-corrected chi connectivity index (χ3v) is 2.24. The molecule has 17 heavy (non-hydrogen) atoms. The predicted molar refractivity (Wildman–Crippen MR) is 66.0 cm³/mol. The normalized spacial score (nSPS) is 10.6. The minimum Gasteiger partial charge on any atom is -0.460 e. The van der Waals surface area contributed by atoms with Gasteiger partial charge in [0.05, 0.1) is 12.2 Å². The standard InChI is InChI=1S/C13H19NO3/c1-14(2)10-11-6-4-5-7-12(11)13(15)17-9-8-16-3/h4-7H,8-10H2,1-3H3. The Hall–Kier alpha value is -1.39. The van der Waals surface area contributed by atoms with Crippen molar-refractivity contribution in [2.45, 2.75) is 6.54 Å². The van der Waals surface area contributed by atoms with Crippen molar-refractivity contribution in [1.82, 2.24) is 4.90 Å². The van der Waals surface area contributed by atoms with Crippen molar-refractivity contribution in [2.75, 3.05) is 34.4 Å². The summed E-state index contributed by atoms with van der Waals surface area (Å²) in [6.45, 7) is 1.42. The van der Waals surface area contributed by atoms with Crippen molar-refractivity contribution in [3.05, 3.63) is 35.4 Å². The molecule has 0 aliphatic rings. The van der Waals surface area contributed by atoms with Gasteiger partial charge >= 0.3 is 5.97 Å². The first-order chi connectivity index (χ1) is 8.15. The maximum Gasteiger partial charge on any atom is 0.338 e. The molecule has 0 saturated heterocycles. The van der Waals surface area contributed by atoms with Crippen molar-refractivity contribution < 1.29 is 14.3 Å². The van der Waals surface area contributed by atoms with Crippen LogP contribution in [-0.2, 0) is 16.0 Å². The second-order valence-electron chi connectivity index (χ2n) is 4.02. The fourth-order valence-corrected chi connectivity index (χ4v) is 1.49. The maximum atomic E-state index is 11.8. The quantitative estimate of drug-likeness (QED) is 0.556. The molecule has 0 N–H and O–H groups in total. The molecule has 0 fully saturated rings. The van der Waals surface area contributed by atoms with Gasteiger partial charge in [0, 0.05) is 13.7 Å². The SMILES string of the molecule is COCCOC(=O)c1ccccc1CN(C)C. The van der Waals surface area contributed by atoms with Crippen molar-refractivity contribution in [2.24, 2.45) is 0 Å². The zero-order valence-corrected chi connectivity index (χ0v) is 10.6. The third kappa shape index (κ3) is 4.54. The Bertz CT molecular complexity index is 363. The number of carbonyl (C=O) groups is 1. The summed E-state index contributed by atoms with van der Waals surface area (Å²) in [5, 5.41) is 0. The van der Waals surface area contributed by atoms with Crippen molar-refractivity contribution in [3.63, 3.8) is 0 Å². The number of methoxy groups -OCH3 is 1. The van der Waals surface area contributed by atoms with E-state index in [1.165, 1.54) is 0 Å². The third-order valence-electron chi connectivity index (χ3n) is 2.24. The van der Waals surface area contributed by atoms with Gasteiger partial charge in [-0.25, -0.2) is 4.79 Å². The Morgan fingerprint density at radius 3 is 2.59 bits per heavy atom. The van der Waals surface area contributed by atoms with E-state index in [9.17, 15) is 4.79 Å². The molecule has 0 aromatic heterocycles. The predicted octanol–water partition coefficient (Wildman–Crippen LogP) is 1.55. The molecule has 0 radical (unpaired) electrons. The summed E-state index contributed by atoms with van der Waals surface area (Å²) in [4.78, 5) is 13.8. The van der Waals surface area contributed by atoms with E-state index in [-0.39, 0.29) is 12.6 Å². The van der Waals surface area contributed by atoms with Gasteiger partial charge in [-0.05, 0) is 25.7 Å². The first-order valence-corrected chi connectivity index (χ1v) is 5.54. The largest absolute Gasteiger partial charge is 0.460 e. The number of nitrogens with zero attached hydrogens (tertiary/aromatic N) is 1. The van der Waals surface area contributed by atoms with Gasteiger partial charge in [0.15, 0.2) is 0 Å². The molecule has 0 bridgehead atoms. The second kappa shape index (κ2) is 7.04. The molecule has 4 nitrogen and oxygen atoms in total. The molecular weight excluding hydrogens is 218 g/mol. The lowest BCUT2D eigenvalue weighted by Crippen LogP contribution is -2.16. The van der Waals surface area contributed by atoms with Crippen LogP contribution in [0, 0.1) is 0 Å². The van der Waals surface area contributed by atoms with Gasteiger partial charge in [-0.15, -0.1) is 0 Å². The minimum atomic E-state index is -0.292. The Kier molecular flexibility index (Phi) is 5.66. The number of ether oxygens (including phenoxy) is 2. The van der Waals surface area contributed by atoms with Gasteiger partial charge in [-0.2, -0.15) is 0 Å². The molecule has 0 amide bonds. The van der Waals surface area contributed by atoms with Gasteiger partial charge in [0.1, 0.15) is 6.61 Å². The number of hydrogen-bond acceptors (Lipinski definition) is 4. The highest BCUT2D eigenvalue weighted by atomic mass is 16.6.